The number of nitrogens with zero attached hydrogens (tertiary/aromatic N) is 2. The molecule has 0 saturated carbocycles. The van der Waals surface area contributed by atoms with Crippen molar-refractivity contribution in [3.8, 4) is 5.69 Å². The predicted molar refractivity (Wildman–Crippen MR) is 88.1 cm³/mol. The van der Waals surface area contributed by atoms with Crippen LogP contribution in [0.15, 0.2) is 48.5 Å². The number of carbonyl (C=O) groups is 2. The van der Waals surface area contributed by atoms with Gasteiger partial charge in [-0.1, -0.05) is 18.2 Å². The van der Waals surface area contributed by atoms with E-state index in [1.807, 2.05) is 47.9 Å². The lowest BCUT2D eigenvalue weighted by Gasteiger charge is -2.07. The van der Waals surface area contributed by atoms with Crippen molar-refractivity contribution in [1.82, 2.24) is 9.55 Å². The number of fused-ring (bicyclic) bond motifs is 1. The lowest BCUT2D eigenvalue weighted by Crippen LogP contribution is -2.15. The molecule has 6 nitrogen and oxygen atoms in total. The molecule has 1 aromatic heterocycles. The topological polar surface area (TPSA) is 70.4 Å². The fourth-order valence-electron chi connectivity index (χ4n) is 2.50. The Morgan fingerprint density at radius 1 is 1.12 bits per heavy atom. The minimum atomic E-state index is -0.603. The van der Waals surface area contributed by atoms with Crippen molar-refractivity contribution in [2.75, 3.05) is 13.7 Å². The van der Waals surface area contributed by atoms with Gasteiger partial charge in [-0.25, -0.2) is 14.6 Å². The summed E-state index contributed by atoms with van der Waals surface area (Å²) in [5.74, 6) is -0.376. The Bertz CT molecular complexity index is 900. The van der Waals surface area contributed by atoms with Crippen LogP contribution < -0.4 is 0 Å². The molecule has 3 rings (SSSR count). The highest BCUT2D eigenvalue weighted by molar-refractivity contribution is 5.95. The maximum absolute atomic E-state index is 12.0. The number of para-hydroxylation sites is 1. The molecule has 1 heterocycles. The van der Waals surface area contributed by atoms with E-state index in [0.29, 0.717) is 11.1 Å². The number of aryl methyl sites for hydroxylation is 1. The summed E-state index contributed by atoms with van der Waals surface area (Å²) in [7, 11) is 1.24. The number of methoxy groups -OCH3 is 1. The highest BCUT2D eigenvalue weighted by Crippen LogP contribution is 2.22. The third-order valence-corrected chi connectivity index (χ3v) is 3.62. The van der Waals surface area contributed by atoms with Gasteiger partial charge in [0.2, 0.25) is 0 Å². The Balaban J connectivity index is 1.93. The first-order valence-electron chi connectivity index (χ1n) is 7.38. The number of benzene rings is 2. The maximum Gasteiger partial charge on any atom is 0.344 e. The second-order valence-electron chi connectivity index (χ2n) is 5.19. The number of aromatic nitrogens is 2. The van der Waals surface area contributed by atoms with Crippen molar-refractivity contribution in [2.24, 2.45) is 0 Å². The first kappa shape index (κ1) is 15.7. The van der Waals surface area contributed by atoms with E-state index in [1.165, 1.54) is 7.11 Å². The molecule has 2 aromatic carbocycles. The molecule has 6 heteroatoms. The van der Waals surface area contributed by atoms with Crippen LogP contribution in [0.25, 0.3) is 16.7 Å². The fourth-order valence-corrected chi connectivity index (χ4v) is 2.50. The molecule has 0 aliphatic heterocycles. The molecule has 0 saturated heterocycles. The van der Waals surface area contributed by atoms with E-state index in [1.54, 1.807) is 12.1 Å². The zero-order valence-electron chi connectivity index (χ0n) is 13.4. The Labute approximate surface area is 138 Å². The van der Waals surface area contributed by atoms with Gasteiger partial charge in [-0.15, -0.1) is 0 Å². The Kier molecular flexibility index (Phi) is 4.29. The molecule has 0 amide bonds. The van der Waals surface area contributed by atoms with E-state index in [2.05, 4.69) is 9.72 Å². The molecule has 0 aliphatic rings. The van der Waals surface area contributed by atoms with Crippen LogP contribution in [0.3, 0.4) is 0 Å². The van der Waals surface area contributed by atoms with E-state index in [9.17, 15) is 9.59 Å². The van der Waals surface area contributed by atoms with Gasteiger partial charge in [-0.3, -0.25) is 4.57 Å². The van der Waals surface area contributed by atoms with Gasteiger partial charge in [0.15, 0.2) is 6.61 Å². The van der Waals surface area contributed by atoms with E-state index in [0.717, 1.165) is 17.0 Å². The highest BCUT2D eigenvalue weighted by Gasteiger charge is 2.14. The lowest BCUT2D eigenvalue weighted by molar-refractivity contribution is -0.144. The van der Waals surface area contributed by atoms with E-state index < -0.39 is 18.5 Å². The van der Waals surface area contributed by atoms with Crippen molar-refractivity contribution < 1.29 is 19.1 Å². The molecule has 0 radical (unpaired) electrons. The summed E-state index contributed by atoms with van der Waals surface area (Å²) in [4.78, 5) is 27.6. The van der Waals surface area contributed by atoms with Crippen molar-refractivity contribution in [1.29, 1.82) is 0 Å². The van der Waals surface area contributed by atoms with Gasteiger partial charge >= 0.3 is 11.9 Å². The average Bonchev–Trinajstić information content (AvgIpc) is 2.94. The van der Waals surface area contributed by atoms with Gasteiger partial charge in [-0.2, -0.15) is 0 Å². The van der Waals surface area contributed by atoms with Crippen molar-refractivity contribution in [3.63, 3.8) is 0 Å². The first-order chi connectivity index (χ1) is 11.6. The minimum absolute atomic E-state index is 0.337. The van der Waals surface area contributed by atoms with Crippen LogP contribution in [0.2, 0.25) is 0 Å². The predicted octanol–water partition coefficient (Wildman–Crippen LogP) is 2.66. The van der Waals surface area contributed by atoms with E-state index >= 15 is 0 Å². The maximum atomic E-state index is 12.0. The van der Waals surface area contributed by atoms with Crippen molar-refractivity contribution in [2.45, 2.75) is 6.92 Å². The first-order valence-corrected chi connectivity index (χ1v) is 7.38. The number of ether oxygens (including phenoxy) is 2. The van der Waals surface area contributed by atoms with E-state index in [4.69, 9.17) is 4.74 Å². The number of hydrogen-bond acceptors (Lipinski definition) is 5. The summed E-state index contributed by atoms with van der Waals surface area (Å²) in [5, 5.41) is 0. The number of esters is 2. The molecule has 24 heavy (non-hydrogen) atoms. The van der Waals surface area contributed by atoms with Crippen LogP contribution >= 0.6 is 0 Å². The molecular weight excluding hydrogens is 308 g/mol. The number of carbonyl (C=O) groups excluding carboxylic acids is 2. The quantitative estimate of drug-likeness (QED) is 0.690. The van der Waals surface area contributed by atoms with Crippen molar-refractivity contribution in [3.05, 3.63) is 59.9 Å². The van der Waals surface area contributed by atoms with Crippen molar-refractivity contribution >= 4 is 23.0 Å². The van der Waals surface area contributed by atoms with Crippen LogP contribution in [0, 0.1) is 6.92 Å². The second-order valence-corrected chi connectivity index (χ2v) is 5.19. The molecule has 0 unspecified atom stereocenters. The molecule has 0 fully saturated rings. The summed E-state index contributed by atoms with van der Waals surface area (Å²) in [6.07, 6.45) is 0. The Hall–Kier alpha value is -3.15. The molecule has 122 valence electrons. The Morgan fingerprint density at radius 2 is 1.88 bits per heavy atom. The third-order valence-electron chi connectivity index (χ3n) is 3.62. The Morgan fingerprint density at radius 3 is 2.58 bits per heavy atom. The van der Waals surface area contributed by atoms with Gasteiger partial charge in [0.1, 0.15) is 5.82 Å². The van der Waals surface area contributed by atoms with Gasteiger partial charge in [0.05, 0.1) is 23.7 Å². The fraction of sp³-hybridized carbons (Fsp3) is 0.167. The van der Waals surface area contributed by atoms with Gasteiger partial charge < -0.3 is 9.47 Å². The lowest BCUT2D eigenvalue weighted by atomic mass is 10.2. The van der Waals surface area contributed by atoms with Crippen LogP contribution in [-0.2, 0) is 14.3 Å². The van der Waals surface area contributed by atoms with Crippen LogP contribution in [-0.4, -0.2) is 35.2 Å². The summed E-state index contributed by atoms with van der Waals surface area (Å²) in [5.41, 5.74) is 2.91. The summed E-state index contributed by atoms with van der Waals surface area (Å²) in [6, 6.07) is 15.0. The molecule has 0 aliphatic carbocycles. The minimum Gasteiger partial charge on any atom is -0.466 e. The molecule has 0 atom stereocenters. The average molecular weight is 324 g/mol. The van der Waals surface area contributed by atoms with Crippen LogP contribution in [0.1, 0.15) is 16.2 Å². The third kappa shape index (κ3) is 2.99. The molecule has 0 N–H and O–H groups in total. The van der Waals surface area contributed by atoms with Gasteiger partial charge in [0.25, 0.3) is 0 Å². The molecule has 0 spiro atoms. The second kappa shape index (κ2) is 6.54. The monoisotopic (exact) mass is 324 g/mol. The summed E-state index contributed by atoms with van der Waals surface area (Å²) in [6.45, 7) is 1.49. The number of imidazole rings is 1. The zero-order valence-corrected chi connectivity index (χ0v) is 13.4. The zero-order chi connectivity index (χ0) is 17.1. The van der Waals surface area contributed by atoms with Crippen LogP contribution in [0.4, 0.5) is 0 Å². The molecule has 0 bridgehead atoms. The summed E-state index contributed by atoms with van der Waals surface area (Å²) < 4.78 is 11.4. The normalized spacial score (nSPS) is 10.6. The SMILES string of the molecule is COC(=O)COC(=O)c1ccc2c(c1)nc(C)n2-c1ccccc1. The summed E-state index contributed by atoms with van der Waals surface area (Å²) >= 11 is 0. The molecular formula is C18H16N2O4. The highest BCUT2D eigenvalue weighted by atomic mass is 16.6. The van der Waals surface area contributed by atoms with Gasteiger partial charge in [-0.05, 0) is 37.3 Å². The smallest absolute Gasteiger partial charge is 0.344 e. The van der Waals surface area contributed by atoms with E-state index in [-0.39, 0.29) is 0 Å². The van der Waals surface area contributed by atoms with Gasteiger partial charge in [0, 0.05) is 5.69 Å². The number of rotatable bonds is 4. The van der Waals surface area contributed by atoms with Crippen LogP contribution in [0.5, 0.6) is 0 Å². The standard InChI is InChI=1S/C18H16N2O4/c1-12-19-15-10-13(18(22)24-11-17(21)23-2)8-9-16(15)20(12)14-6-4-3-5-7-14/h3-10H,11H2,1-2H3. The molecule has 3 aromatic rings. The number of hydrogen-bond donors (Lipinski definition) is 0. The largest absolute Gasteiger partial charge is 0.466 e.